The molecule has 0 aliphatic carbocycles. The summed E-state index contributed by atoms with van der Waals surface area (Å²) in [5.41, 5.74) is 4.13. The second-order valence-electron chi connectivity index (χ2n) is 7.50. The summed E-state index contributed by atoms with van der Waals surface area (Å²) in [6.07, 6.45) is 4.59. The first kappa shape index (κ1) is 19.2. The molecule has 0 radical (unpaired) electrons. The molecule has 0 saturated carbocycles. The van der Waals surface area contributed by atoms with Crippen molar-refractivity contribution in [3.63, 3.8) is 0 Å². The summed E-state index contributed by atoms with van der Waals surface area (Å²) in [4.78, 5) is 13.0. The lowest BCUT2D eigenvalue weighted by molar-refractivity contribution is -0.119. The van der Waals surface area contributed by atoms with Gasteiger partial charge in [-0.1, -0.05) is 30.3 Å². The Hall–Kier alpha value is -3.12. The molecule has 1 aliphatic rings. The summed E-state index contributed by atoms with van der Waals surface area (Å²) >= 11 is 0. The molecule has 6 nitrogen and oxygen atoms in total. The van der Waals surface area contributed by atoms with Crippen LogP contribution in [0.4, 0.5) is 5.69 Å². The minimum Gasteiger partial charge on any atom is -0.496 e. The van der Waals surface area contributed by atoms with Crippen LogP contribution < -0.4 is 15.4 Å². The molecule has 0 bridgehead atoms. The largest absolute Gasteiger partial charge is 0.496 e. The van der Waals surface area contributed by atoms with Gasteiger partial charge in [0.25, 0.3) is 0 Å². The number of nitrogens with one attached hydrogen (secondary N) is 2. The SMILES string of the molecule is COc1ccc(NC(=O)[C@H]2CNC[C@@H]2c2cnn(C)c2)cc1Cc1ccccc1. The van der Waals surface area contributed by atoms with Crippen molar-refractivity contribution in [2.75, 3.05) is 25.5 Å². The Morgan fingerprint density at radius 1 is 1.24 bits per heavy atom. The fourth-order valence-electron chi connectivity index (χ4n) is 3.98. The molecule has 0 spiro atoms. The van der Waals surface area contributed by atoms with E-state index in [1.165, 1.54) is 5.56 Å². The predicted octanol–water partition coefficient (Wildman–Crippen LogP) is 2.96. The molecule has 1 aromatic heterocycles. The molecule has 4 rings (SSSR count). The molecular formula is C23H26N4O2. The van der Waals surface area contributed by atoms with Crippen LogP contribution in [-0.4, -0.2) is 35.9 Å². The van der Waals surface area contributed by atoms with E-state index in [9.17, 15) is 4.79 Å². The van der Waals surface area contributed by atoms with Gasteiger partial charge in [0.05, 0.1) is 19.2 Å². The van der Waals surface area contributed by atoms with Crippen LogP contribution in [0.25, 0.3) is 0 Å². The highest BCUT2D eigenvalue weighted by molar-refractivity contribution is 5.93. The third kappa shape index (κ3) is 4.32. The number of carbonyl (C=O) groups excluding carboxylic acids is 1. The van der Waals surface area contributed by atoms with E-state index < -0.39 is 0 Å². The van der Waals surface area contributed by atoms with E-state index in [4.69, 9.17) is 4.74 Å². The van der Waals surface area contributed by atoms with Crippen molar-refractivity contribution in [1.29, 1.82) is 0 Å². The van der Waals surface area contributed by atoms with Crippen LogP contribution in [-0.2, 0) is 18.3 Å². The molecule has 1 fully saturated rings. The molecule has 6 heteroatoms. The van der Waals surface area contributed by atoms with Gasteiger partial charge in [-0.25, -0.2) is 0 Å². The van der Waals surface area contributed by atoms with Gasteiger partial charge in [-0.2, -0.15) is 5.10 Å². The molecule has 2 atom stereocenters. The molecule has 1 amide bonds. The van der Waals surface area contributed by atoms with E-state index in [2.05, 4.69) is 27.9 Å². The molecule has 3 aromatic rings. The van der Waals surface area contributed by atoms with E-state index in [-0.39, 0.29) is 17.7 Å². The third-order valence-corrected chi connectivity index (χ3v) is 5.49. The third-order valence-electron chi connectivity index (χ3n) is 5.49. The molecule has 1 aliphatic heterocycles. The predicted molar refractivity (Wildman–Crippen MR) is 113 cm³/mol. The number of carbonyl (C=O) groups is 1. The number of aryl methyl sites for hydroxylation is 1. The second-order valence-corrected chi connectivity index (χ2v) is 7.50. The van der Waals surface area contributed by atoms with Crippen LogP contribution in [0.2, 0.25) is 0 Å². The second kappa shape index (κ2) is 8.49. The van der Waals surface area contributed by atoms with Crippen LogP contribution in [0.3, 0.4) is 0 Å². The molecule has 150 valence electrons. The fourth-order valence-corrected chi connectivity index (χ4v) is 3.98. The number of hydrogen-bond acceptors (Lipinski definition) is 4. The Kier molecular flexibility index (Phi) is 5.62. The first-order valence-corrected chi connectivity index (χ1v) is 9.85. The van der Waals surface area contributed by atoms with Gasteiger partial charge in [0.2, 0.25) is 5.91 Å². The van der Waals surface area contributed by atoms with Crippen molar-refractivity contribution >= 4 is 11.6 Å². The van der Waals surface area contributed by atoms with Crippen LogP contribution in [0, 0.1) is 5.92 Å². The first-order valence-electron chi connectivity index (χ1n) is 9.85. The Bertz CT molecular complexity index is 984. The average Bonchev–Trinajstić information content (AvgIpc) is 3.38. The van der Waals surface area contributed by atoms with Gasteiger partial charge in [0.15, 0.2) is 0 Å². The van der Waals surface area contributed by atoms with Crippen LogP contribution >= 0.6 is 0 Å². The van der Waals surface area contributed by atoms with Gasteiger partial charge in [0.1, 0.15) is 5.75 Å². The minimum atomic E-state index is -0.126. The van der Waals surface area contributed by atoms with Crippen LogP contribution in [0.15, 0.2) is 60.9 Å². The van der Waals surface area contributed by atoms with E-state index in [1.807, 2.05) is 55.8 Å². The quantitative estimate of drug-likeness (QED) is 0.679. The number of anilines is 1. The van der Waals surface area contributed by atoms with Gasteiger partial charge in [-0.3, -0.25) is 9.48 Å². The van der Waals surface area contributed by atoms with Gasteiger partial charge < -0.3 is 15.4 Å². The molecule has 29 heavy (non-hydrogen) atoms. The summed E-state index contributed by atoms with van der Waals surface area (Å²) < 4.78 is 7.30. The lowest BCUT2D eigenvalue weighted by Crippen LogP contribution is -2.28. The molecule has 2 aromatic carbocycles. The minimum absolute atomic E-state index is 0.0275. The highest BCUT2D eigenvalue weighted by Gasteiger charge is 2.34. The monoisotopic (exact) mass is 390 g/mol. The zero-order chi connectivity index (χ0) is 20.2. The van der Waals surface area contributed by atoms with E-state index in [0.29, 0.717) is 6.54 Å². The molecule has 2 N–H and O–H groups in total. The smallest absolute Gasteiger partial charge is 0.229 e. The highest BCUT2D eigenvalue weighted by atomic mass is 16.5. The fraction of sp³-hybridized carbons (Fsp3) is 0.304. The number of ether oxygens (including phenoxy) is 1. The van der Waals surface area contributed by atoms with Crippen molar-refractivity contribution in [3.8, 4) is 5.75 Å². The maximum Gasteiger partial charge on any atom is 0.229 e. The zero-order valence-electron chi connectivity index (χ0n) is 16.8. The number of amides is 1. The van der Waals surface area contributed by atoms with Gasteiger partial charge in [0, 0.05) is 49.9 Å². The van der Waals surface area contributed by atoms with E-state index in [1.54, 1.807) is 11.8 Å². The van der Waals surface area contributed by atoms with Crippen molar-refractivity contribution in [2.45, 2.75) is 12.3 Å². The molecule has 1 saturated heterocycles. The molecular weight excluding hydrogens is 364 g/mol. The van der Waals surface area contributed by atoms with E-state index >= 15 is 0 Å². The standard InChI is InChI=1S/C23H26N4O2/c1-27-15-18(12-25-27)20-13-24-14-21(20)23(28)26-19-8-9-22(29-2)17(11-19)10-16-6-4-3-5-7-16/h3-9,11-12,15,20-21,24H,10,13-14H2,1-2H3,(H,26,28)/t20-,21+/m1/s1. The number of methoxy groups -OCH3 is 1. The normalized spacial score (nSPS) is 18.6. The number of benzene rings is 2. The molecule has 2 heterocycles. The maximum atomic E-state index is 13.0. The Morgan fingerprint density at radius 2 is 2.07 bits per heavy atom. The average molecular weight is 390 g/mol. The summed E-state index contributed by atoms with van der Waals surface area (Å²) in [6.45, 7) is 1.45. The topological polar surface area (TPSA) is 68.2 Å². The lowest BCUT2D eigenvalue weighted by Gasteiger charge is -2.18. The van der Waals surface area contributed by atoms with Gasteiger partial charge in [-0.15, -0.1) is 0 Å². The maximum absolute atomic E-state index is 13.0. The summed E-state index contributed by atoms with van der Waals surface area (Å²) in [7, 11) is 3.57. The van der Waals surface area contributed by atoms with Crippen LogP contribution in [0.1, 0.15) is 22.6 Å². The Balaban J connectivity index is 1.51. The first-order chi connectivity index (χ1) is 14.1. The number of aromatic nitrogens is 2. The molecule has 0 unspecified atom stereocenters. The lowest BCUT2D eigenvalue weighted by atomic mass is 9.90. The van der Waals surface area contributed by atoms with Crippen molar-refractivity contribution in [3.05, 3.63) is 77.6 Å². The highest BCUT2D eigenvalue weighted by Crippen LogP contribution is 2.30. The van der Waals surface area contributed by atoms with Crippen molar-refractivity contribution in [1.82, 2.24) is 15.1 Å². The summed E-state index contributed by atoms with van der Waals surface area (Å²) in [5.74, 6) is 0.854. The van der Waals surface area contributed by atoms with Crippen molar-refractivity contribution < 1.29 is 9.53 Å². The van der Waals surface area contributed by atoms with Crippen LogP contribution in [0.5, 0.6) is 5.75 Å². The van der Waals surface area contributed by atoms with E-state index in [0.717, 1.165) is 35.5 Å². The number of nitrogens with zero attached hydrogens (tertiary/aromatic N) is 2. The Morgan fingerprint density at radius 3 is 2.79 bits per heavy atom. The van der Waals surface area contributed by atoms with Gasteiger partial charge in [-0.05, 0) is 29.3 Å². The number of rotatable bonds is 6. The summed E-state index contributed by atoms with van der Waals surface area (Å²) in [5, 5.41) is 10.7. The van der Waals surface area contributed by atoms with Crippen molar-refractivity contribution in [2.24, 2.45) is 13.0 Å². The zero-order valence-corrected chi connectivity index (χ0v) is 16.8. The summed E-state index contributed by atoms with van der Waals surface area (Å²) in [6, 6.07) is 16.1. The number of hydrogen-bond donors (Lipinski definition) is 2. The Labute approximate surface area is 170 Å². The van der Waals surface area contributed by atoms with Gasteiger partial charge >= 0.3 is 0 Å².